The smallest absolute Gasteiger partial charge is 0.255 e. The molecule has 8 nitrogen and oxygen atoms in total. The van der Waals surface area contributed by atoms with Crippen molar-refractivity contribution in [3.8, 4) is 11.5 Å². The lowest BCUT2D eigenvalue weighted by molar-refractivity contribution is -0.883. The summed E-state index contributed by atoms with van der Waals surface area (Å²) in [6.07, 6.45) is 0. The predicted octanol–water partition coefficient (Wildman–Crippen LogP) is -1.41. The highest BCUT2D eigenvalue weighted by Crippen LogP contribution is 2.24. The van der Waals surface area contributed by atoms with E-state index in [1.165, 1.54) is 23.4 Å². The quantitative estimate of drug-likeness (QED) is 0.614. The molecule has 25 heavy (non-hydrogen) atoms. The van der Waals surface area contributed by atoms with Crippen molar-refractivity contribution < 1.29 is 27.6 Å². The second kappa shape index (κ2) is 8.50. The molecule has 0 radical (unpaired) electrons. The topological polar surface area (TPSA) is 89.4 Å². The van der Waals surface area contributed by atoms with Gasteiger partial charge in [0.15, 0.2) is 0 Å². The average Bonchev–Trinajstić information content (AvgIpc) is 2.61. The van der Waals surface area contributed by atoms with Crippen LogP contribution < -0.4 is 19.7 Å². The number of likely N-dealkylation sites (N-methyl/N-ethyl adjacent to an activating group) is 1. The van der Waals surface area contributed by atoms with E-state index in [4.69, 9.17) is 9.47 Å². The van der Waals surface area contributed by atoms with Crippen molar-refractivity contribution in [2.45, 2.75) is 0 Å². The largest absolute Gasteiger partial charge is 0.497 e. The average molecular weight is 372 g/mol. The van der Waals surface area contributed by atoms with Crippen LogP contribution >= 0.6 is 0 Å². The van der Waals surface area contributed by atoms with Gasteiger partial charge in [0.25, 0.3) is 5.91 Å². The molecule has 2 rings (SSSR count). The number of methoxy groups -OCH3 is 2. The SMILES string of the molecule is COc1ccc(C(=O)NCCS(=O)(=O)N2CC[NH+](C)CC2)c(OC)c1. The van der Waals surface area contributed by atoms with Gasteiger partial charge < -0.3 is 19.7 Å². The van der Waals surface area contributed by atoms with Crippen molar-refractivity contribution in [1.82, 2.24) is 9.62 Å². The summed E-state index contributed by atoms with van der Waals surface area (Å²) in [5, 5.41) is 2.64. The van der Waals surface area contributed by atoms with Gasteiger partial charge in [0.1, 0.15) is 11.5 Å². The van der Waals surface area contributed by atoms with Crippen LogP contribution in [0.15, 0.2) is 18.2 Å². The van der Waals surface area contributed by atoms with Crippen molar-refractivity contribution >= 4 is 15.9 Å². The fourth-order valence-corrected chi connectivity index (χ4v) is 4.01. The molecule has 0 spiro atoms. The van der Waals surface area contributed by atoms with Crippen molar-refractivity contribution in [3.63, 3.8) is 0 Å². The lowest BCUT2D eigenvalue weighted by Gasteiger charge is -2.29. The number of benzene rings is 1. The van der Waals surface area contributed by atoms with Gasteiger partial charge in [-0.3, -0.25) is 4.79 Å². The van der Waals surface area contributed by atoms with Crippen LogP contribution in [-0.2, 0) is 10.0 Å². The second-order valence-corrected chi connectivity index (χ2v) is 8.08. The van der Waals surface area contributed by atoms with E-state index in [9.17, 15) is 13.2 Å². The van der Waals surface area contributed by atoms with Crippen LogP contribution in [0.1, 0.15) is 10.4 Å². The number of nitrogens with one attached hydrogen (secondary N) is 2. The van der Waals surface area contributed by atoms with E-state index >= 15 is 0 Å². The number of amides is 1. The Labute approximate surface area is 148 Å². The molecule has 0 aliphatic carbocycles. The Morgan fingerprint density at radius 2 is 1.92 bits per heavy atom. The Morgan fingerprint density at radius 3 is 2.52 bits per heavy atom. The molecular formula is C16H26N3O5S+. The fourth-order valence-electron chi connectivity index (χ4n) is 2.65. The zero-order valence-electron chi connectivity index (χ0n) is 14.9. The molecule has 1 saturated heterocycles. The maximum atomic E-state index is 12.3. The Morgan fingerprint density at radius 1 is 1.24 bits per heavy atom. The van der Waals surface area contributed by atoms with Gasteiger partial charge in [-0.25, -0.2) is 8.42 Å². The molecule has 1 aliphatic heterocycles. The standard InChI is InChI=1S/C16H25N3O5S/c1-18-7-9-19(10-8-18)25(21,22)11-6-17-16(20)14-5-4-13(23-2)12-15(14)24-3/h4-5,12H,6-11H2,1-3H3,(H,17,20)/p+1. The van der Waals surface area contributed by atoms with Crippen LogP contribution in [0.3, 0.4) is 0 Å². The summed E-state index contributed by atoms with van der Waals surface area (Å²) in [6.45, 7) is 2.70. The van der Waals surface area contributed by atoms with Crippen LogP contribution in [0.5, 0.6) is 11.5 Å². The molecule has 0 aromatic heterocycles. The zero-order valence-corrected chi connectivity index (χ0v) is 15.7. The molecule has 0 atom stereocenters. The number of quaternary nitrogens is 1. The Balaban J connectivity index is 1.92. The third kappa shape index (κ3) is 5.07. The van der Waals surface area contributed by atoms with Gasteiger partial charge in [0.05, 0.1) is 58.8 Å². The minimum atomic E-state index is -3.36. The van der Waals surface area contributed by atoms with E-state index in [0.717, 1.165) is 13.1 Å². The summed E-state index contributed by atoms with van der Waals surface area (Å²) in [5.41, 5.74) is 0.337. The van der Waals surface area contributed by atoms with Crippen molar-refractivity contribution in [3.05, 3.63) is 23.8 Å². The number of hydrogen-bond acceptors (Lipinski definition) is 5. The van der Waals surface area contributed by atoms with Gasteiger partial charge in [-0.15, -0.1) is 0 Å². The second-order valence-electron chi connectivity index (χ2n) is 5.99. The molecule has 9 heteroatoms. The predicted molar refractivity (Wildman–Crippen MR) is 93.9 cm³/mol. The molecule has 140 valence electrons. The molecule has 1 aromatic rings. The number of hydrogen-bond donors (Lipinski definition) is 2. The lowest BCUT2D eigenvalue weighted by Crippen LogP contribution is -3.12. The molecule has 0 unspecified atom stereocenters. The molecule has 0 bridgehead atoms. The van der Waals surface area contributed by atoms with Crippen molar-refractivity contribution in [1.29, 1.82) is 0 Å². The lowest BCUT2D eigenvalue weighted by atomic mass is 10.2. The third-order valence-corrected chi connectivity index (χ3v) is 6.14. The van der Waals surface area contributed by atoms with Crippen LogP contribution in [0.25, 0.3) is 0 Å². The summed E-state index contributed by atoms with van der Waals surface area (Å²) in [4.78, 5) is 13.6. The molecule has 2 N–H and O–H groups in total. The molecule has 0 saturated carbocycles. The van der Waals surface area contributed by atoms with Gasteiger partial charge in [-0.05, 0) is 12.1 Å². The van der Waals surface area contributed by atoms with E-state index < -0.39 is 10.0 Å². The molecule has 1 aromatic carbocycles. The fraction of sp³-hybridized carbons (Fsp3) is 0.562. The molecule has 1 amide bonds. The monoisotopic (exact) mass is 372 g/mol. The van der Waals surface area contributed by atoms with Gasteiger partial charge in [0, 0.05) is 12.6 Å². The van der Waals surface area contributed by atoms with Crippen LogP contribution in [-0.4, -0.2) is 78.4 Å². The molecule has 1 aliphatic rings. The maximum Gasteiger partial charge on any atom is 0.255 e. The highest BCUT2D eigenvalue weighted by Gasteiger charge is 2.27. The van der Waals surface area contributed by atoms with E-state index in [2.05, 4.69) is 5.32 Å². The summed E-state index contributed by atoms with van der Waals surface area (Å²) < 4.78 is 36.5. The number of carbonyl (C=O) groups is 1. The molecule has 1 heterocycles. The minimum absolute atomic E-state index is 0.0511. The van der Waals surface area contributed by atoms with E-state index in [0.29, 0.717) is 30.2 Å². The van der Waals surface area contributed by atoms with E-state index in [-0.39, 0.29) is 18.2 Å². The van der Waals surface area contributed by atoms with Crippen LogP contribution in [0.4, 0.5) is 0 Å². The number of nitrogens with zero attached hydrogens (tertiary/aromatic N) is 1. The first-order valence-electron chi connectivity index (χ1n) is 8.16. The summed E-state index contributed by atoms with van der Waals surface area (Å²) in [6, 6.07) is 4.85. The molecular weight excluding hydrogens is 346 g/mol. The summed E-state index contributed by atoms with van der Waals surface area (Å²) >= 11 is 0. The van der Waals surface area contributed by atoms with E-state index in [1.54, 1.807) is 18.2 Å². The van der Waals surface area contributed by atoms with Crippen molar-refractivity contribution in [2.24, 2.45) is 0 Å². The van der Waals surface area contributed by atoms with Gasteiger partial charge in [-0.1, -0.05) is 0 Å². The number of piperazine rings is 1. The Kier molecular flexibility index (Phi) is 6.63. The van der Waals surface area contributed by atoms with E-state index in [1.807, 2.05) is 7.05 Å². The van der Waals surface area contributed by atoms with Gasteiger partial charge in [-0.2, -0.15) is 4.31 Å². The zero-order chi connectivity index (χ0) is 18.4. The van der Waals surface area contributed by atoms with Gasteiger partial charge in [0.2, 0.25) is 10.0 Å². The number of rotatable bonds is 7. The highest BCUT2D eigenvalue weighted by molar-refractivity contribution is 7.89. The van der Waals surface area contributed by atoms with Crippen LogP contribution in [0.2, 0.25) is 0 Å². The Hall–Kier alpha value is -1.84. The number of carbonyl (C=O) groups excluding carboxylic acids is 1. The first kappa shape index (κ1) is 19.5. The number of sulfonamides is 1. The third-order valence-electron chi connectivity index (χ3n) is 4.27. The minimum Gasteiger partial charge on any atom is -0.497 e. The Bertz CT molecular complexity index is 700. The summed E-state index contributed by atoms with van der Waals surface area (Å²) in [5.74, 6) is 0.462. The van der Waals surface area contributed by atoms with Crippen molar-refractivity contribution in [2.75, 3.05) is 59.7 Å². The summed E-state index contributed by atoms with van der Waals surface area (Å²) in [7, 11) is 1.68. The van der Waals surface area contributed by atoms with Gasteiger partial charge >= 0.3 is 0 Å². The normalized spacial score (nSPS) is 16.4. The maximum absolute atomic E-state index is 12.3. The van der Waals surface area contributed by atoms with Crippen LogP contribution in [0, 0.1) is 0 Å². The molecule has 1 fully saturated rings. The number of ether oxygens (including phenoxy) is 2. The highest BCUT2D eigenvalue weighted by atomic mass is 32.2. The first-order valence-corrected chi connectivity index (χ1v) is 9.77. The first-order chi connectivity index (χ1) is 11.9.